The quantitative estimate of drug-likeness (QED) is 0.796. The Morgan fingerprint density at radius 1 is 1.04 bits per heavy atom. The van der Waals surface area contributed by atoms with Crippen molar-refractivity contribution in [3.8, 4) is 11.5 Å². The van der Waals surface area contributed by atoms with Gasteiger partial charge in [0, 0.05) is 25.5 Å². The number of ether oxygens (including phenoxy) is 2. The lowest BCUT2D eigenvalue weighted by atomic mass is 10.2. The van der Waals surface area contributed by atoms with Gasteiger partial charge in [0.25, 0.3) is 0 Å². The second kappa shape index (κ2) is 8.54. The van der Waals surface area contributed by atoms with Gasteiger partial charge in [-0.25, -0.2) is 0 Å². The average molecular weight is 340 g/mol. The number of benzene rings is 1. The van der Waals surface area contributed by atoms with Crippen LogP contribution in [-0.4, -0.2) is 24.4 Å². The van der Waals surface area contributed by atoms with Crippen molar-refractivity contribution >= 4 is 0 Å². The van der Waals surface area contributed by atoms with Crippen LogP contribution >= 0.6 is 0 Å². The number of pyridine rings is 1. The van der Waals surface area contributed by atoms with E-state index in [-0.39, 0.29) is 5.75 Å². The van der Waals surface area contributed by atoms with Gasteiger partial charge in [-0.05, 0) is 36.2 Å². The van der Waals surface area contributed by atoms with Crippen LogP contribution in [0, 0.1) is 0 Å². The van der Waals surface area contributed by atoms with Crippen molar-refractivity contribution in [2.24, 2.45) is 0 Å². The van der Waals surface area contributed by atoms with Gasteiger partial charge in [-0.3, -0.25) is 4.98 Å². The Kier molecular flexibility index (Phi) is 6.43. The van der Waals surface area contributed by atoms with E-state index in [1.165, 1.54) is 6.07 Å². The van der Waals surface area contributed by atoms with Crippen LogP contribution in [0.25, 0.3) is 0 Å². The summed E-state index contributed by atoms with van der Waals surface area (Å²) in [6.07, 6.45) is -0.905. The zero-order chi connectivity index (χ0) is 17.4. The Bertz CT molecular complexity index is 633. The minimum atomic E-state index is -4.38. The molecule has 1 aromatic heterocycles. The molecule has 0 aliphatic rings. The minimum absolute atomic E-state index is 0.0881. The van der Waals surface area contributed by atoms with Gasteiger partial charge in [0.15, 0.2) is 18.1 Å². The molecule has 0 fully saturated rings. The lowest BCUT2D eigenvalue weighted by Gasteiger charge is -2.15. The zero-order valence-corrected chi connectivity index (χ0v) is 13.3. The first kappa shape index (κ1) is 18.1. The summed E-state index contributed by atoms with van der Waals surface area (Å²) < 4.78 is 47.0. The van der Waals surface area contributed by atoms with E-state index in [4.69, 9.17) is 9.47 Å². The van der Waals surface area contributed by atoms with Crippen molar-refractivity contribution in [3.05, 3.63) is 53.9 Å². The second-order valence-electron chi connectivity index (χ2n) is 5.08. The van der Waals surface area contributed by atoms with E-state index in [1.54, 1.807) is 31.5 Å². The summed E-state index contributed by atoms with van der Waals surface area (Å²) in [6, 6.07) is 8.71. The molecule has 1 N–H and O–H groups in total. The molecule has 0 aliphatic carbocycles. The molecule has 2 rings (SSSR count). The van der Waals surface area contributed by atoms with Gasteiger partial charge in [0.05, 0.1) is 6.61 Å². The topological polar surface area (TPSA) is 43.4 Å². The number of alkyl halides is 3. The molecule has 1 aromatic carbocycles. The Hall–Kier alpha value is -2.28. The summed E-state index contributed by atoms with van der Waals surface area (Å²) in [5, 5.41) is 3.25. The van der Waals surface area contributed by atoms with Crippen molar-refractivity contribution in [1.29, 1.82) is 0 Å². The van der Waals surface area contributed by atoms with Gasteiger partial charge >= 0.3 is 6.18 Å². The lowest BCUT2D eigenvalue weighted by Crippen LogP contribution is -2.19. The van der Waals surface area contributed by atoms with Crippen LogP contribution in [0.4, 0.5) is 13.2 Å². The molecule has 0 saturated heterocycles. The summed E-state index contributed by atoms with van der Waals surface area (Å²) >= 11 is 0. The largest absolute Gasteiger partial charge is 0.490 e. The van der Waals surface area contributed by atoms with E-state index in [2.05, 4.69) is 10.3 Å². The minimum Gasteiger partial charge on any atom is -0.490 e. The van der Waals surface area contributed by atoms with Crippen LogP contribution in [0.1, 0.15) is 18.1 Å². The zero-order valence-electron chi connectivity index (χ0n) is 13.3. The predicted octanol–water partition coefficient (Wildman–Crippen LogP) is 3.71. The van der Waals surface area contributed by atoms with Crippen LogP contribution in [0.3, 0.4) is 0 Å². The summed E-state index contributed by atoms with van der Waals surface area (Å²) in [5.74, 6) is 0.396. The molecule has 0 saturated carbocycles. The summed E-state index contributed by atoms with van der Waals surface area (Å²) in [5.41, 5.74) is 1.94. The van der Waals surface area contributed by atoms with Gasteiger partial charge in [0.1, 0.15) is 0 Å². The van der Waals surface area contributed by atoms with Crippen molar-refractivity contribution in [2.45, 2.75) is 26.2 Å². The normalized spacial score (nSPS) is 11.3. The fourth-order valence-electron chi connectivity index (χ4n) is 2.06. The van der Waals surface area contributed by atoms with Gasteiger partial charge < -0.3 is 14.8 Å². The average Bonchev–Trinajstić information content (AvgIpc) is 2.54. The highest BCUT2D eigenvalue weighted by Gasteiger charge is 2.29. The fraction of sp³-hybridized carbons (Fsp3) is 0.353. The SMILES string of the molecule is CCOc1cc(CNCc2cccnc2)ccc1OCC(F)(F)F. The third kappa shape index (κ3) is 6.08. The molecule has 2 aromatic rings. The van der Waals surface area contributed by atoms with E-state index >= 15 is 0 Å². The number of hydrogen-bond donors (Lipinski definition) is 1. The molecule has 0 bridgehead atoms. The first-order valence-electron chi connectivity index (χ1n) is 7.53. The molecule has 0 radical (unpaired) electrons. The molecule has 1 heterocycles. The number of rotatable bonds is 8. The summed E-state index contributed by atoms with van der Waals surface area (Å²) in [6.45, 7) is 1.96. The predicted molar refractivity (Wildman–Crippen MR) is 83.9 cm³/mol. The van der Waals surface area contributed by atoms with Crippen molar-refractivity contribution in [3.63, 3.8) is 0 Å². The van der Waals surface area contributed by atoms with Crippen molar-refractivity contribution in [2.75, 3.05) is 13.2 Å². The fourth-order valence-corrected chi connectivity index (χ4v) is 2.06. The molecule has 0 unspecified atom stereocenters. The Balaban J connectivity index is 1.96. The molecular weight excluding hydrogens is 321 g/mol. The highest BCUT2D eigenvalue weighted by atomic mass is 19.4. The summed E-state index contributed by atoms with van der Waals surface area (Å²) in [4.78, 5) is 4.03. The number of nitrogens with one attached hydrogen (secondary N) is 1. The third-order valence-corrected chi connectivity index (χ3v) is 3.08. The maximum Gasteiger partial charge on any atom is 0.422 e. The Morgan fingerprint density at radius 3 is 2.50 bits per heavy atom. The highest BCUT2D eigenvalue weighted by molar-refractivity contribution is 5.43. The standard InChI is InChI=1S/C17H19F3N2O2/c1-2-23-16-8-13(5-6-15(16)24-12-17(18,19)20)9-22-11-14-4-3-7-21-10-14/h3-8,10,22H,2,9,11-12H2,1H3. The third-order valence-electron chi connectivity index (χ3n) is 3.08. The van der Waals surface area contributed by atoms with Crippen molar-refractivity contribution < 1.29 is 22.6 Å². The van der Waals surface area contributed by atoms with E-state index in [9.17, 15) is 13.2 Å². The molecule has 7 heteroatoms. The van der Waals surface area contributed by atoms with Crippen LogP contribution in [0.2, 0.25) is 0 Å². The number of hydrogen-bond acceptors (Lipinski definition) is 4. The number of halogens is 3. The maximum absolute atomic E-state index is 12.3. The number of nitrogens with zero attached hydrogens (tertiary/aromatic N) is 1. The van der Waals surface area contributed by atoms with Crippen LogP contribution < -0.4 is 14.8 Å². The molecular formula is C17H19F3N2O2. The Labute approximate surface area is 138 Å². The highest BCUT2D eigenvalue weighted by Crippen LogP contribution is 2.30. The smallest absolute Gasteiger partial charge is 0.422 e. The molecule has 0 amide bonds. The first-order chi connectivity index (χ1) is 11.5. The lowest BCUT2D eigenvalue weighted by molar-refractivity contribution is -0.153. The molecule has 0 spiro atoms. The van der Waals surface area contributed by atoms with E-state index < -0.39 is 12.8 Å². The van der Waals surface area contributed by atoms with E-state index in [0.717, 1.165) is 11.1 Å². The molecule has 130 valence electrons. The second-order valence-corrected chi connectivity index (χ2v) is 5.08. The van der Waals surface area contributed by atoms with Gasteiger partial charge in [-0.15, -0.1) is 0 Å². The molecule has 0 aliphatic heterocycles. The number of aromatic nitrogens is 1. The Morgan fingerprint density at radius 2 is 1.83 bits per heavy atom. The van der Waals surface area contributed by atoms with Crippen molar-refractivity contribution in [1.82, 2.24) is 10.3 Å². The first-order valence-corrected chi connectivity index (χ1v) is 7.53. The summed E-state index contributed by atoms with van der Waals surface area (Å²) in [7, 11) is 0. The van der Waals surface area contributed by atoms with Crippen LogP contribution in [0.5, 0.6) is 11.5 Å². The van der Waals surface area contributed by atoms with Gasteiger partial charge in [-0.1, -0.05) is 12.1 Å². The molecule has 24 heavy (non-hydrogen) atoms. The van der Waals surface area contributed by atoms with E-state index in [0.29, 0.717) is 25.4 Å². The molecule has 4 nitrogen and oxygen atoms in total. The van der Waals surface area contributed by atoms with Gasteiger partial charge in [-0.2, -0.15) is 13.2 Å². The molecule has 0 atom stereocenters. The monoisotopic (exact) mass is 340 g/mol. The van der Waals surface area contributed by atoms with Crippen LogP contribution in [0.15, 0.2) is 42.7 Å². The van der Waals surface area contributed by atoms with Gasteiger partial charge in [0.2, 0.25) is 0 Å². The van der Waals surface area contributed by atoms with E-state index in [1.807, 2.05) is 12.1 Å². The van der Waals surface area contributed by atoms with Crippen LogP contribution in [-0.2, 0) is 13.1 Å². The maximum atomic E-state index is 12.3.